The predicted octanol–water partition coefficient (Wildman–Crippen LogP) is 7.01. The Balaban J connectivity index is 0.727. The number of rotatable bonds is 15. The lowest BCUT2D eigenvalue weighted by Gasteiger charge is -2.39. The molecule has 4 amide bonds. The molecule has 65 heavy (non-hydrogen) atoms. The van der Waals surface area contributed by atoms with Gasteiger partial charge in [-0.3, -0.25) is 24.5 Å². The summed E-state index contributed by atoms with van der Waals surface area (Å²) in [5.74, 6) is 0.532. The number of aryl methyl sites for hydroxylation is 1. The number of fused-ring (bicyclic) bond motifs is 4. The number of carbonyl (C=O) groups excluding carboxylic acids is 4. The Kier molecular flexibility index (Phi) is 13.5. The molecule has 1 saturated carbocycles. The summed E-state index contributed by atoms with van der Waals surface area (Å²) in [7, 11) is -3.79. The van der Waals surface area contributed by atoms with E-state index in [1.807, 2.05) is 73.7 Å². The predicted molar refractivity (Wildman–Crippen MR) is 252 cm³/mol. The van der Waals surface area contributed by atoms with Gasteiger partial charge in [0.05, 0.1) is 23.6 Å². The van der Waals surface area contributed by atoms with E-state index in [0.29, 0.717) is 49.9 Å². The number of thioether (sulfide) groups is 1. The molecule has 1 aliphatic carbocycles. The SMILES string of the molecule is Cc1ccc(S(=O)(=O)N2CC[C@@H]3[C@H](CO)Nc4ccc(-c5cccc(NC(=O)CCCC6CCC(NCCSc7cccc8c7CN(C7CCC(=O)NC7=O)C8=O)CC6)c5)cc4[C@@H]32)cc1. The molecule has 4 atom stereocenters. The van der Waals surface area contributed by atoms with Crippen molar-refractivity contribution in [1.82, 2.24) is 19.8 Å². The molecule has 2 saturated heterocycles. The number of sulfonamides is 1. The lowest BCUT2D eigenvalue weighted by atomic mass is 9.82. The molecule has 0 bridgehead atoms. The lowest BCUT2D eigenvalue weighted by Crippen LogP contribution is -2.52. The fraction of sp³-hybridized carbons (Fsp3) is 0.440. The van der Waals surface area contributed by atoms with Crippen LogP contribution in [-0.2, 0) is 31.0 Å². The highest BCUT2D eigenvalue weighted by Gasteiger charge is 2.48. The van der Waals surface area contributed by atoms with Gasteiger partial charge in [-0.25, -0.2) is 8.42 Å². The van der Waals surface area contributed by atoms with Crippen molar-refractivity contribution in [3.63, 3.8) is 0 Å². The molecule has 4 aromatic rings. The molecule has 5 N–H and O–H groups in total. The number of benzene rings is 4. The van der Waals surface area contributed by atoms with Crippen LogP contribution >= 0.6 is 11.8 Å². The van der Waals surface area contributed by atoms with Gasteiger partial charge in [-0.15, -0.1) is 11.8 Å². The molecule has 15 heteroatoms. The molecule has 1 unspecified atom stereocenters. The van der Waals surface area contributed by atoms with Gasteiger partial charge < -0.3 is 26.0 Å². The Morgan fingerprint density at radius 1 is 0.908 bits per heavy atom. The first kappa shape index (κ1) is 45.1. The van der Waals surface area contributed by atoms with E-state index in [1.165, 1.54) is 0 Å². The second-order valence-corrected chi connectivity index (χ2v) is 21.3. The first-order chi connectivity index (χ1) is 31.5. The van der Waals surface area contributed by atoms with Crippen molar-refractivity contribution >= 4 is 56.8 Å². The summed E-state index contributed by atoms with van der Waals surface area (Å²) in [5, 5.41) is 23.0. The Morgan fingerprint density at radius 2 is 1.69 bits per heavy atom. The summed E-state index contributed by atoms with van der Waals surface area (Å²) in [6.07, 6.45) is 8.00. The minimum atomic E-state index is -3.79. The molecule has 3 fully saturated rings. The van der Waals surface area contributed by atoms with Gasteiger partial charge in [0.15, 0.2) is 0 Å². The molecule has 0 spiro atoms. The summed E-state index contributed by atoms with van der Waals surface area (Å²) in [6.45, 7) is 3.44. The fourth-order valence-electron chi connectivity index (χ4n) is 10.6. The smallest absolute Gasteiger partial charge is 0.255 e. The zero-order chi connectivity index (χ0) is 45.2. The van der Waals surface area contributed by atoms with E-state index < -0.39 is 28.0 Å². The van der Waals surface area contributed by atoms with Gasteiger partial charge in [-0.1, -0.05) is 42.0 Å². The number of piperidine rings is 1. The number of nitrogens with zero attached hydrogens (tertiary/aromatic N) is 2. The summed E-state index contributed by atoms with van der Waals surface area (Å²) in [6, 6.07) is 25.7. The quantitative estimate of drug-likeness (QED) is 0.0474. The van der Waals surface area contributed by atoms with E-state index >= 15 is 0 Å². The third-order valence-corrected chi connectivity index (χ3v) is 17.1. The zero-order valence-corrected chi connectivity index (χ0v) is 38.4. The Labute approximate surface area is 385 Å². The van der Waals surface area contributed by atoms with Crippen LogP contribution in [0, 0.1) is 18.8 Å². The fourth-order valence-corrected chi connectivity index (χ4v) is 13.3. The molecular formula is C50H58N6O7S2. The van der Waals surface area contributed by atoms with E-state index in [-0.39, 0.29) is 47.6 Å². The van der Waals surface area contributed by atoms with E-state index in [4.69, 9.17) is 0 Å². The van der Waals surface area contributed by atoms with Crippen molar-refractivity contribution in [1.29, 1.82) is 0 Å². The number of aliphatic hydroxyl groups is 1. The first-order valence-corrected chi connectivity index (χ1v) is 25.5. The lowest BCUT2D eigenvalue weighted by molar-refractivity contribution is -0.137. The van der Waals surface area contributed by atoms with Crippen LogP contribution in [0.1, 0.15) is 97.3 Å². The highest BCUT2D eigenvalue weighted by atomic mass is 32.2. The highest BCUT2D eigenvalue weighted by molar-refractivity contribution is 7.99. The summed E-state index contributed by atoms with van der Waals surface area (Å²) >= 11 is 1.73. The summed E-state index contributed by atoms with van der Waals surface area (Å²) < 4.78 is 29.7. The molecule has 0 radical (unpaired) electrons. The van der Waals surface area contributed by atoms with Crippen molar-refractivity contribution in [3.8, 4) is 11.1 Å². The van der Waals surface area contributed by atoms with E-state index in [9.17, 15) is 32.7 Å². The molecular weight excluding hydrogens is 861 g/mol. The van der Waals surface area contributed by atoms with Crippen LogP contribution in [0.3, 0.4) is 0 Å². The molecule has 4 aliphatic heterocycles. The van der Waals surface area contributed by atoms with Gasteiger partial charge >= 0.3 is 0 Å². The number of hydrogen-bond acceptors (Lipinski definition) is 10. The van der Waals surface area contributed by atoms with Gasteiger partial charge in [0.2, 0.25) is 27.7 Å². The maximum Gasteiger partial charge on any atom is 0.255 e. The van der Waals surface area contributed by atoms with Crippen molar-refractivity contribution < 1.29 is 32.7 Å². The first-order valence-electron chi connectivity index (χ1n) is 23.1. The number of amides is 4. The van der Waals surface area contributed by atoms with Gasteiger partial charge in [-0.2, -0.15) is 4.31 Å². The van der Waals surface area contributed by atoms with Crippen LogP contribution < -0.4 is 21.3 Å². The molecule has 4 heterocycles. The molecule has 342 valence electrons. The highest BCUT2D eigenvalue weighted by Crippen LogP contribution is 2.49. The minimum Gasteiger partial charge on any atom is -0.394 e. The second kappa shape index (κ2) is 19.4. The maximum absolute atomic E-state index is 14.0. The van der Waals surface area contributed by atoms with Crippen molar-refractivity contribution in [2.24, 2.45) is 11.8 Å². The average molecular weight is 919 g/mol. The van der Waals surface area contributed by atoms with Crippen molar-refractivity contribution in [2.75, 3.05) is 36.1 Å². The van der Waals surface area contributed by atoms with E-state index in [1.54, 1.807) is 33.1 Å². The van der Waals surface area contributed by atoms with Crippen LogP contribution in [0.15, 0.2) is 94.7 Å². The van der Waals surface area contributed by atoms with Crippen LogP contribution in [0.2, 0.25) is 0 Å². The number of hydrogen-bond donors (Lipinski definition) is 5. The molecule has 0 aromatic heterocycles. The Morgan fingerprint density at radius 3 is 2.48 bits per heavy atom. The van der Waals surface area contributed by atoms with Crippen molar-refractivity contribution in [3.05, 3.63) is 107 Å². The summed E-state index contributed by atoms with van der Waals surface area (Å²) in [4.78, 5) is 53.4. The normalized spacial score (nSPS) is 24.2. The van der Waals surface area contributed by atoms with E-state index in [2.05, 4.69) is 27.3 Å². The molecule has 5 aliphatic rings. The number of imide groups is 1. The van der Waals surface area contributed by atoms with Gasteiger partial charge in [0, 0.05) is 72.0 Å². The Bertz CT molecular complexity index is 2560. The van der Waals surface area contributed by atoms with Crippen LogP contribution in [0.4, 0.5) is 11.4 Å². The molecule has 9 rings (SSSR count). The van der Waals surface area contributed by atoms with Gasteiger partial charge in [-0.05, 0) is 135 Å². The standard InChI is InChI=1S/C50H58N6O7S2/c1-31-11-18-37(19-12-31)65(62,63)56-25-23-39-43(30-57)53-42-20-15-34(28-40(42)48(39)56)33-6-3-7-36(27-33)52-46(58)10-2-5-32-13-16-35(17-14-32)51-24-26-64-45-9-4-8-38-41(45)29-55(50(38)61)44-21-22-47(59)54-49(44)60/h3-4,6-9,11-12,15,18-20,27-28,32,35,39,43-44,48,51,53,57H,2,5,10,13-14,16-17,21-26,29-30H2,1H3,(H,52,58)(H,54,59,60)/t32?,35?,39-,43+,44?,48-/m1/s1. The largest absolute Gasteiger partial charge is 0.394 e. The average Bonchev–Trinajstić information content (AvgIpc) is 3.91. The number of carbonyl (C=O) groups is 4. The maximum atomic E-state index is 14.0. The molecule has 13 nitrogen and oxygen atoms in total. The van der Waals surface area contributed by atoms with Crippen LogP contribution in [0.25, 0.3) is 11.1 Å². The third-order valence-electron chi connectivity index (χ3n) is 14.1. The van der Waals surface area contributed by atoms with E-state index in [0.717, 1.165) is 94.9 Å². The van der Waals surface area contributed by atoms with Gasteiger partial charge in [0.1, 0.15) is 6.04 Å². The minimum absolute atomic E-state index is 0.0115. The number of nitrogens with one attached hydrogen (secondary N) is 4. The second-order valence-electron chi connectivity index (χ2n) is 18.3. The monoisotopic (exact) mass is 918 g/mol. The number of aliphatic hydroxyl groups excluding tert-OH is 1. The van der Waals surface area contributed by atoms with Crippen LogP contribution in [0.5, 0.6) is 0 Å². The topological polar surface area (TPSA) is 177 Å². The number of anilines is 2. The van der Waals surface area contributed by atoms with Crippen molar-refractivity contribution in [2.45, 2.75) is 112 Å². The van der Waals surface area contributed by atoms with Gasteiger partial charge in [0.25, 0.3) is 5.91 Å². The zero-order valence-electron chi connectivity index (χ0n) is 36.8. The molecule has 4 aromatic carbocycles. The van der Waals surface area contributed by atoms with Crippen LogP contribution in [-0.4, -0.2) is 89.9 Å². The third kappa shape index (κ3) is 9.62. The summed E-state index contributed by atoms with van der Waals surface area (Å²) in [5.41, 5.74) is 6.85. The Hall–Kier alpha value is -5.06.